The van der Waals surface area contributed by atoms with Crippen molar-refractivity contribution in [3.63, 3.8) is 0 Å². The van der Waals surface area contributed by atoms with Crippen LogP contribution in [0, 0.1) is 0 Å². The molecule has 0 saturated carbocycles. The number of hydrazine groups is 1. The van der Waals surface area contributed by atoms with Crippen molar-refractivity contribution in [1.29, 1.82) is 0 Å². The van der Waals surface area contributed by atoms with E-state index in [1.807, 2.05) is 0 Å². The number of hydrogen-bond donors (Lipinski definition) is 1. The fourth-order valence-corrected chi connectivity index (χ4v) is 0.828. The highest BCUT2D eigenvalue weighted by Crippen LogP contribution is 2.16. The second-order valence-electron chi connectivity index (χ2n) is 3.08. The van der Waals surface area contributed by atoms with Gasteiger partial charge in [-0.05, 0) is 6.92 Å². The van der Waals surface area contributed by atoms with E-state index in [0.29, 0.717) is 0 Å². The molecule has 0 rings (SSSR count). The Morgan fingerprint density at radius 2 is 1.86 bits per heavy atom. The first-order chi connectivity index (χ1) is 6.15. The Labute approximate surface area is 80.4 Å². The number of likely N-dealkylation sites (N-methyl/N-ethyl adjacent to an activating group) is 1. The summed E-state index contributed by atoms with van der Waals surface area (Å²) < 4.78 is 35.8. The molecule has 1 amide bonds. The van der Waals surface area contributed by atoms with Crippen LogP contribution in [0.4, 0.5) is 13.2 Å². The minimum Gasteiger partial charge on any atom is -0.320 e. The van der Waals surface area contributed by atoms with Crippen LogP contribution in [0.15, 0.2) is 0 Å². The molecule has 0 aromatic carbocycles. The third-order valence-corrected chi connectivity index (χ3v) is 1.63. The number of amides is 1. The quantitative estimate of drug-likeness (QED) is 0.681. The maximum atomic E-state index is 11.9. The Morgan fingerprint density at radius 1 is 1.43 bits per heavy atom. The lowest BCUT2D eigenvalue weighted by Crippen LogP contribution is -2.50. The van der Waals surface area contributed by atoms with E-state index in [0.717, 1.165) is 10.0 Å². The van der Waals surface area contributed by atoms with Gasteiger partial charge in [0, 0.05) is 14.1 Å². The number of hydrogen-bond acceptors (Lipinski definition) is 3. The summed E-state index contributed by atoms with van der Waals surface area (Å²) in [5, 5.41) is 1.63. The Hall–Kier alpha value is -0.820. The first-order valence-corrected chi connectivity index (χ1v) is 3.96. The van der Waals surface area contributed by atoms with E-state index in [9.17, 15) is 18.0 Å². The van der Waals surface area contributed by atoms with Gasteiger partial charge in [0.05, 0.1) is 6.04 Å². The van der Waals surface area contributed by atoms with Gasteiger partial charge in [0.2, 0.25) is 0 Å². The van der Waals surface area contributed by atoms with E-state index in [2.05, 4.69) is 0 Å². The molecule has 0 aromatic rings. The van der Waals surface area contributed by atoms with Gasteiger partial charge in [-0.2, -0.15) is 13.2 Å². The van der Waals surface area contributed by atoms with Crippen LogP contribution in [-0.4, -0.2) is 48.8 Å². The van der Waals surface area contributed by atoms with Crippen LogP contribution in [0.5, 0.6) is 0 Å². The molecule has 14 heavy (non-hydrogen) atoms. The first kappa shape index (κ1) is 13.2. The third-order valence-electron chi connectivity index (χ3n) is 1.63. The molecule has 2 N–H and O–H groups in total. The molecule has 0 fully saturated rings. The summed E-state index contributed by atoms with van der Waals surface area (Å²) in [7, 11) is 2.42. The maximum Gasteiger partial charge on any atom is 0.403 e. The fourth-order valence-electron chi connectivity index (χ4n) is 0.828. The van der Waals surface area contributed by atoms with Gasteiger partial charge in [-0.1, -0.05) is 0 Å². The topological polar surface area (TPSA) is 49.6 Å². The molecule has 0 saturated heterocycles. The first-order valence-electron chi connectivity index (χ1n) is 3.96. The molecule has 0 radical (unpaired) electrons. The van der Waals surface area contributed by atoms with Crippen molar-refractivity contribution >= 4 is 5.91 Å². The lowest BCUT2D eigenvalue weighted by molar-refractivity contribution is -0.179. The fraction of sp³-hybridized carbons (Fsp3) is 0.857. The van der Waals surface area contributed by atoms with Crippen LogP contribution in [0.25, 0.3) is 0 Å². The standard InChI is InChI=1S/C7H14F3N3O/c1-5(11)6(14)13(3)12(2)4-7(8,9)10/h5H,4,11H2,1-3H3. The van der Waals surface area contributed by atoms with Gasteiger partial charge < -0.3 is 5.73 Å². The number of carbonyl (C=O) groups is 1. The molecule has 0 bridgehead atoms. The Balaban J connectivity index is 4.26. The highest BCUT2D eigenvalue weighted by atomic mass is 19.4. The van der Waals surface area contributed by atoms with Crippen molar-refractivity contribution in [2.45, 2.75) is 19.1 Å². The number of rotatable bonds is 3. The smallest absolute Gasteiger partial charge is 0.320 e. The minimum absolute atomic E-state index is 0.559. The summed E-state index contributed by atoms with van der Waals surface area (Å²) in [4.78, 5) is 11.2. The molecule has 84 valence electrons. The molecule has 1 atom stereocenters. The van der Waals surface area contributed by atoms with Crippen LogP contribution < -0.4 is 5.73 Å². The zero-order valence-electron chi connectivity index (χ0n) is 8.30. The second kappa shape index (κ2) is 4.61. The number of halogens is 3. The minimum atomic E-state index is -4.33. The van der Waals surface area contributed by atoms with Crippen LogP contribution in [0.3, 0.4) is 0 Å². The molecule has 0 spiro atoms. The number of alkyl halides is 3. The van der Waals surface area contributed by atoms with Gasteiger partial charge in [0.25, 0.3) is 5.91 Å². The molecule has 0 aromatic heterocycles. The van der Waals surface area contributed by atoms with E-state index in [1.165, 1.54) is 21.0 Å². The molecule has 0 aliphatic heterocycles. The summed E-state index contributed by atoms with van der Waals surface area (Å²) in [6.45, 7) is 0.238. The summed E-state index contributed by atoms with van der Waals surface area (Å²) in [5.74, 6) is -0.559. The average molecular weight is 213 g/mol. The number of carbonyl (C=O) groups excluding carboxylic acids is 1. The van der Waals surface area contributed by atoms with Crippen molar-refractivity contribution in [2.24, 2.45) is 5.73 Å². The van der Waals surface area contributed by atoms with Crippen LogP contribution in [0.1, 0.15) is 6.92 Å². The number of nitrogens with two attached hydrogens (primary N) is 1. The van der Waals surface area contributed by atoms with Gasteiger partial charge in [0.1, 0.15) is 6.54 Å². The zero-order chi connectivity index (χ0) is 11.5. The Morgan fingerprint density at radius 3 is 2.14 bits per heavy atom. The predicted molar refractivity (Wildman–Crippen MR) is 45.1 cm³/mol. The summed E-state index contributed by atoms with van der Waals surface area (Å²) in [6.07, 6.45) is -4.33. The molecule has 4 nitrogen and oxygen atoms in total. The Kier molecular flexibility index (Phi) is 4.34. The molecule has 1 unspecified atom stereocenters. The van der Waals surface area contributed by atoms with Gasteiger partial charge >= 0.3 is 6.18 Å². The largest absolute Gasteiger partial charge is 0.403 e. The van der Waals surface area contributed by atoms with Gasteiger partial charge in [0.15, 0.2) is 0 Å². The monoisotopic (exact) mass is 213 g/mol. The van der Waals surface area contributed by atoms with Crippen molar-refractivity contribution in [3.8, 4) is 0 Å². The van der Waals surface area contributed by atoms with Crippen molar-refractivity contribution in [1.82, 2.24) is 10.0 Å². The lowest BCUT2D eigenvalue weighted by Gasteiger charge is -2.29. The molecule has 7 heteroatoms. The second-order valence-corrected chi connectivity index (χ2v) is 3.08. The lowest BCUT2D eigenvalue weighted by atomic mass is 10.3. The van der Waals surface area contributed by atoms with E-state index < -0.39 is 24.7 Å². The normalized spacial score (nSPS) is 14.3. The summed E-state index contributed by atoms with van der Waals surface area (Å²) >= 11 is 0. The molecule has 0 heterocycles. The van der Waals surface area contributed by atoms with Crippen molar-refractivity contribution in [3.05, 3.63) is 0 Å². The SMILES string of the molecule is CC(N)C(=O)N(C)N(C)CC(F)(F)F. The van der Waals surface area contributed by atoms with E-state index in [1.54, 1.807) is 0 Å². The van der Waals surface area contributed by atoms with Gasteiger partial charge in [-0.3, -0.25) is 9.80 Å². The predicted octanol–water partition coefficient (Wildman–Crippen LogP) is 0.201. The van der Waals surface area contributed by atoms with Crippen molar-refractivity contribution in [2.75, 3.05) is 20.6 Å². The highest BCUT2D eigenvalue weighted by molar-refractivity contribution is 5.80. The van der Waals surface area contributed by atoms with Crippen molar-refractivity contribution < 1.29 is 18.0 Å². The average Bonchev–Trinajstić information content (AvgIpc) is 1.98. The van der Waals surface area contributed by atoms with E-state index in [-0.39, 0.29) is 0 Å². The maximum absolute atomic E-state index is 11.9. The summed E-state index contributed by atoms with van der Waals surface area (Å²) in [6, 6.07) is -0.810. The Bertz CT molecular complexity index is 205. The highest BCUT2D eigenvalue weighted by Gasteiger charge is 2.32. The van der Waals surface area contributed by atoms with Gasteiger partial charge in [-0.15, -0.1) is 0 Å². The van der Waals surface area contributed by atoms with Gasteiger partial charge in [-0.25, -0.2) is 5.01 Å². The molecule has 0 aliphatic carbocycles. The third kappa shape index (κ3) is 4.43. The van der Waals surface area contributed by atoms with Crippen LogP contribution in [0.2, 0.25) is 0 Å². The van der Waals surface area contributed by atoms with Crippen LogP contribution >= 0.6 is 0 Å². The van der Waals surface area contributed by atoms with E-state index in [4.69, 9.17) is 5.73 Å². The zero-order valence-corrected chi connectivity index (χ0v) is 8.30. The molecule has 0 aliphatic rings. The van der Waals surface area contributed by atoms with Crippen LogP contribution in [-0.2, 0) is 4.79 Å². The molecular formula is C7H14F3N3O. The molecular weight excluding hydrogens is 199 g/mol. The summed E-state index contributed by atoms with van der Waals surface area (Å²) in [5.41, 5.74) is 5.24. The van der Waals surface area contributed by atoms with E-state index >= 15 is 0 Å². The number of nitrogens with zero attached hydrogens (tertiary/aromatic N) is 2.